The average Bonchev–Trinajstić information content (AvgIpc) is 3.06. The van der Waals surface area contributed by atoms with E-state index in [0.717, 1.165) is 110 Å². The molecule has 43 heavy (non-hydrogen) atoms. The number of carbonyl (C=O) groups is 3. The number of hydrogen-bond acceptors (Lipinski definition) is 8. The molecule has 0 saturated carbocycles. The summed E-state index contributed by atoms with van der Waals surface area (Å²) in [4.78, 5) is 54.3. The van der Waals surface area contributed by atoms with Crippen molar-refractivity contribution in [3.63, 3.8) is 0 Å². The van der Waals surface area contributed by atoms with Crippen molar-refractivity contribution in [2.45, 2.75) is 38.5 Å². The standard InChI is InChI=1S/C31H49ClN8O3/c1-2-36-9-3-4-25(22-36)26-18-27(35-28(41)19-32)30(34-20-26)31(43)40-10-5-24(6-11-40)21-37-14-16-38(17-15-37)23-29(42)39-12-7-33-8-13-39/h18,20,24-25,33H,2-17,19,21-23H2,1H3,(H,35,41). The van der Waals surface area contributed by atoms with Gasteiger partial charge in [-0.05, 0) is 62.2 Å². The highest BCUT2D eigenvalue weighted by Crippen LogP contribution is 2.30. The Morgan fingerprint density at radius 3 is 2.35 bits per heavy atom. The number of piperidine rings is 2. The van der Waals surface area contributed by atoms with Crippen molar-refractivity contribution < 1.29 is 14.4 Å². The number of pyridine rings is 1. The molecule has 1 atom stereocenters. The lowest BCUT2D eigenvalue weighted by atomic mass is 9.91. The van der Waals surface area contributed by atoms with Crippen LogP contribution < -0.4 is 10.6 Å². The summed E-state index contributed by atoms with van der Waals surface area (Å²) in [5, 5.41) is 6.15. The van der Waals surface area contributed by atoms with Crippen molar-refractivity contribution >= 4 is 35.0 Å². The van der Waals surface area contributed by atoms with Crippen LogP contribution in [0.3, 0.4) is 0 Å². The fraction of sp³-hybridized carbons (Fsp3) is 0.742. The number of halogens is 1. The molecule has 1 aromatic heterocycles. The van der Waals surface area contributed by atoms with Crippen LogP contribution in [0.4, 0.5) is 5.69 Å². The number of piperazine rings is 2. The van der Waals surface area contributed by atoms with Gasteiger partial charge in [-0.3, -0.25) is 19.3 Å². The van der Waals surface area contributed by atoms with Crippen LogP contribution in [0.15, 0.2) is 12.3 Å². The maximum absolute atomic E-state index is 13.6. The van der Waals surface area contributed by atoms with E-state index in [1.165, 1.54) is 0 Å². The predicted octanol–water partition coefficient (Wildman–Crippen LogP) is 1.36. The summed E-state index contributed by atoms with van der Waals surface area (Å²) >= 11 is 5.81. The molecular weight excluding hydrogens is 568 g/mol. The molecule has 12 heteroatoms. The molecule has 0 spiro atoms. The van der Waals surface area contributed by atoms with Gasteiger partial charge in [0.2, 0.25) is 11.8 Å². The van der Waals surface area contributed by atoms with Gasteiger partial charge in [-0.25, -0.2) is 4.98 Å². The fourth-order valence-corrected chi connectivity index (χ4v) is 7.00. The normalized spacial score (nSPS) is 23.3. The van der Waals surface area contributed by atoms with Gasteiger partial charge in [-0.1, -0.05) is 6.92 Å². The van der Waals surface area contributed by atoms with E-state index in [0.29, 0.717) is 42.9 Å². The number of alkyl halides is 1. The van der Waals surface area contributed by atoms with Crippen LogP contribution in [0.2, 0.25) is 0 Å². The minimum Gasteiger partial charge on any atom is -0.339 e. The number of anilines is 1. The Bertz CT molecular complexity index is 1100. The molecule has 4 aliphatic heterocycles. The topological polar surface area (TPSA) is 104 Å². The molecule has 2 N–H and O–H groups in total. The van der Waals surface area contributed by atoms with E-state index in [-0.39, 0.29) is 23.6 Å². The molecule has 4 fully saturated rings. The summed E-state index contributed by atoms with van der Waals surface area (Å²) in [7, 11) is 0. The van der Waals surface area contributed by atoms with E-state index >= 15 is 0 Å². The minimum absolute atomic E-state index is 0.128. The van der Waals surface area contributed by atoms with Gasteiger partial charge in [-0.15, -0.1) is 11.6 Å². The molecule has 238 valence electrons. The fourth-order valence-electron chi connectivity index (χ4n) is 6.94. The number of amides is 3. The van der Waals surface area contributed by atoms with Crippen molar-refractivity contribution in [2.24, 2.45) is 5.92 Å². The highest BCUT2D eigenvalue weighted by atomic mass is 35.5. The largest absolute Gasteiger partial charge is 0.339 e. The van der Waals surface area contributed by atoms with E-state index in [2.05, 4.69) is 37.2 Å². The molecule has 4 aliphatic rings. The number of likely N-dealkylation sites (N-methyl/N-ethyl adjacent to an activating group) is 1. The number of nitrogens with one attached hydrogen (secondary N) is 2. The first kappa shape index (κ1) is 32.1. The zero-order valence-corrected chi connectivity index (χ0v) is 26.5. The molecule has 1 aromatic rings. The van der Waals surface area contributed by atoms with Crippen molar-refractivity contribution in [3.8, 4) is 0 Å². The van der Waals surface area contributed by atoms with Crippen LogP contribution in [0.1, 0.15) is 54.6 Å². The van der Waals surface area contributed by atoms with E-state index in [1.54, 1.807) is 0 Å². The summed E-state index contributed by atoms with van der Waals surface area (Å²) in [5.41, 5.74) is 1.83. The number of nitrogens with zero attached hydrogens (tertiary/aromatic N) is 6. The van der Waals surface area contributed by atoms with Crippen LogP contribution in [-0.2, 0) is 9.59 Å². The third-order valence-electron chi connectivity index (χ3n) is 9.64. The summed E-state index contributed by atoms with van der Waals surface area (Å²) in [6, 6.07) is 1.94. The maximum Gasteiger partial charge on any atom is 0.274 e. The summed E-state index contributed by atoms with van der Waals surface area (Å²) < 4.78 is 0. The monoisotopic (exact) mass is 616 g/mol. The molecule has 3 amide bonds. The molecule has 5 rings (SSSR count). The number of aromatic nitrogens is 1. The Morgan fingerprint density at radius 2 is 1.65 bits per heavy atom. The van der Waals surface area contributed by atoms with Gasteiger partial charge in [0.05, 0.1) is 12.2 Å². The number of carbonyl (C=O) groups excluding carboxylic acids is 3. The van der Waals surface area contributed by atoms with E-state index in [4.69, 9.17) is 11.6 Å². The highest BCUT2D eigenvalue weighted by molar-refractivity contribution is 6.29. The predicted molar refractivity (Wildman–Crippen MR) is 169 cm³/mol. The average molecular weight is 617 g/mol. The van der Waals surface area contributed by atoms with Crippen LogP contribution in [-0.4, -0.2) is 151 Å². The zero-order chi connectivity index (χ0) is 30.2. The molecule has 0 bridgehead atoms. The summed E-state index contributed by atoms with van der Waals surface area (Å²) in [5.74, 6) is 0.492. The van der Waals surface area contributed by atoms with E-state index in [9.17, 15) is 14.4 Å². The van der Waals surface area contributed by atoms with Crippen LogP contribution in [0, 0.1) is 5.92 Å². The molecular formula is C31H49ClN8O3. The first-order chi connectivity index (χ1) is 20.9. The van der Waals surface area contributed by atoms with Gasteiger partial charge < -0.3 is 30.2 Å². The second-order valence-electron chi connectivity index (χ2n) is 12.5. The van der Waals surface area contributed by atoms with Crippen LogP contribution in [0.25, 0.3) is 0 Å². The van der Waals surface area contributed by atoms with Crippen molar-refractivity contribution in [1.29, 1.82) is 0 Å². The quantitative estimate of drug-likeness (QED) is 0.401. The minimum atomic E-state index is -0.333. The second kappa shape index (κ2) is 15.6. The molecule has 5 heterocycles. The van der Waals surface area contributed by atoms with E-state index in [1.807, 2.05) is 22.1 Å². The van der Waals surface area contributed by atoms with Crippen LogP contribution in [0.5, 0.6) is 0 Å². The lowest BCUT2D eigenvalue weighted by Crippen LogP contribution is -2.53. The van der Waals surface area contributed by atoms with Gasteiger partial charge in [0.15, 0.2) is 5.69 Å². The third-order valence-corrected chi connectivity index (χ3v) is 9.89. The Labute approximate surface area is 261 Å². The summed E-state index contributed by atoms with van der Waals surface area (Å²) in [6.45, 7) is 15.4. The van der Waals surface area contributed by atoms with Crippen molar-refractivity contribution in [1.82, 2.24) is 34.8 Å². The Morgan fingerprint density at radius 1 is 0.930 bits per heavy atom. The van der Waals surface area contributed by atoms with E-state index < -0.39 is 0 Å². The smallest absolute Gasteiger partial charge is 0.274 e. The van der Waals surface area contributed by atoms with Gasteiger partial charge >= 0.3 is 0 Å². The Balaban J connectivity index is 1.11. The number of hydrogen-bond donors (Lipinski definition) is 2. The SMILES string of the molecule is CCN1CCCC(c2cnc(C(=O)N3CCC(CN4CCN(CC(=O)N5CCNCC5)CC4)CC3)c(NC(=O)CCl)c2)C1. The van der Waals surface area contributed by atoms with Crippen LogP contribution >= 0.6 is 11.6 Å². The lowest BCUT2D eigenvalue weighted by molar-refractivity contribution is -0.133. The molecule has 4 saturated heterocycles. The maximum atomic E-state index is 13.6. The van der Waals surface area contributed by atoms with Crippen molar-refractivity contribution in [3.05, 3.63) is 23.5 Å². The molecule has 0 aliphatic carbocycles. The third kappa shape index (κ3) is 8.66. The number of rotatable bonds is 9. The summed E-state index contributed by atoms with van der Waals surface area (Å²) in [6.07, 6.45) is 5.93. The first-order valence-corrected chi connectivity index (χ1v) is 16.8. The Kier molecular flexibility index (Phi) is 11.7. The second-order valence-corrected chi connectivity index (χ2v) is 12.8. The highest BCUT2D eigenvalue weighted by Gasteiger charge is 2.30. The molecule has 0 aromatic carbocycles. The van der Waals surface area contributed by atoms with Crippen molar-refractivity contribution in [2.75, 3.05) is 109 Å². The van der Waals surface area contributed by atoms with Gasteiger partial charge in [-0.2, -0.15) is 0 Å². The molecule has 11 nitrogen and oxygen atoms in total. The molecule has 1 unspecified atom stereocenters. The first-order valence-electron chi connectivity index (χ1n) is 16.2. The Hall–Kier alpha value is -2.31. The van der Waals surface area contributed by atoms with Gasteiger partial charge in [0.25, 0.3) is 5.91 Å². The zero-order valence-electron chi connectivity index (χ0n) is 25.7. The van der Waals surface area contributed by atoms with Gasteiger partial charge in [0.1, 0.15) is 5.88 Å². The lowest BCUT2D eigenvalue weighted by Gasteiger charge is -2.39. The van der Waals surface area contributed by atoms with Gasteiger partial charge in [0, 0.05) is 84.7 Å². The number of likely N-dealkylation sites (tertiary alicyclic amines) is 2. The molecule has 0 radical (unpaired) electrons.